The largest absolute Gasteiger partial charge is 0.483 e. The molecule has 468 valence electrons. The van der Waals surface area contributed by atoms with Gasteiger partial charge in [0.1, 0.15) is 36.6 Å². The maximum absolute atomic E-state index is 10.7. The average Bonchev–Trinajstić information content (AvgIpc) is 3.45. The second kappa shape index (κ2) is 281. The number of cyclic esters (lactones) is 1. The van der Waals surface area contributed by atoms with Gasteiger partial charge in [-0.25, -0.2) is 4.79 Å². The quantitative estimate of drug-likeness (QED) is 0.0402. The fourth-order valence-electron chi connectivity index (χ4n) is 2.06. The number of esters is 1. The molecular formula is C15H59NO54P4. The van der Waals surface area contributed by atoms with Crippen LogP contribution in [0.2, 0.25) is 0 Å². The molecule has 0 aliphatic carbocycles. The molecule has 0 radical (unpaired) electrons. The first-order chi connectivity index (χ1) is 32.8. The van der Waals surface area contributed by atoms with E-state index in [1.807, 2.05) is 17.9 Å². The van der Waals surface area contributed by atoms with Crippen LogP contribution in [-0.2, 0) is 37.8 Å². The van der Waals surface area contributed by atoms with Gasteiger partial charge in [0.05, 0.1) is 13.2 Å². The number of hydrogen-bond acceptors (Lipinski definition) is 50. The highest BCUT2D eigenvalue weighted by atomic mass is 32.0. The first-order valence-corrected chi connectivity index (χ1v) is 16.6. The second-order valence-corrected chi connectivity index (χ2v) is 7.39. The van der Waals surface area contributed by atoms with E-state index in [4.69, 9.17) is 238 Å². The summed E-state index contributed by atoms with van der Waals surface area (Å²) in [5.41, 5.74) is 0. The monoisotopic (exact) mass is 1240 g/mol. The van der Waals surface area contributed by atoms with Crippen molar-refractivity contribution in [1.82, 2.24) is 6.15 Å². The molecule has 0 saturated carbocycles. The van der Waals surface area contributed by atoms with Gasteiger partial charge < -0.3 is 88.6 Å². The Morgan fingerprint density at radius 1 is 0.459 bits per heavy atom. The average molecular weight is 1240 g/mol. The van der Waals surface area contributed by atoms with E-state index in [0.717, 1.165) is 0 Å². The van der Waals surface area contributed by atoms with Crippen molar-refractivity contribution in [3.63, 3.8) is 0 Å². The lowest BCUT2D eigenvalue weighted by Gasteiger charge is -2.37. The molecule has 2 aliphatic heterocycles. The smallest absolute Gasteiger partial charge is 0.373 e. The zero-order chi connectivity index (χ0) is 61.4. The number of ether oxygens (including phenoxy) is 2. The van der Waals surface area contributed by atoms with Gasteiger partial charge in [0.25, 0.3) is 6.47 Å². The first-order valence-electron chi connectivity index (χ1n) is 11.7. The number of aliphatic hydroxyl groups excluding tert-OH is 9. The van der Waals surface area contributed by atoms with Crippen molar-refractivity contribution in [3.05, 3.63) is 79.4 Å². The molecule has 59 heteroatoms. The molecule has 0 spiro atoms. The molecule has 74 heavy (non-hydrogen) atoms. The third-order valence-electron chi connectivity index (χ3n) is 3.61. The van der Waals surface area contributed by atoms with Crippen LogP contribution in [0.5, 0.6) is 0 Å². The van der Waals surface area contributed by atoms with Gasteiger partial charge in [-0.3, -0.25) is 98.0 Å². The van der Waals surface area contributed by atoms with E-state index < -0.39 is 74.3 Å². The number of rotatable bonds is 2. The van der Waals surface area contributed by atoms with Crippen LogP contribution in [-0.4, -0.2) is 244 Å². The molecule has 2 aliphatic rings. The normalized spacial score (nSPS) is 16.8. The van der Waals surface area contributed by atoms with E-state index in [1.165, 1.54) is 0 Å². The summed E-state index contributed by atoms with van der Waals surface area (Å²) in [6.07, 6.45) is -12.7. The van der Waals surface area contributed by atoms with Crippen molar-refractivity contribution >= 4 is 52.7 Å². The van der Waals surface area contributed by atoms with Crippen LogP contribution in [0.25, 0.3) is 0 Å². The molecule has 55 nitrogen and oxygen atoms in total. The fraction of sp³-hybridized carbons (Fsp3) is 0.800. The topological polar surface area (TPSA) is 1080 Å². The first kappa shape index (κ1) is 173. The number of carbonyl (C=O) groups excluding carboxylic acids is 3. The van der Waals surface area contributed by atoms with Crippen LogP contribution in [0.4, 0.5) is 0 Å². The van der Waals surface area contributed by atoms with Gasteiger partial charge in [-0.05, 0) is 17.9 Å². The minimum Gasteiger partial charge on any atom is -0.483 e. The summed E-state index contributed by atoms with van der Waals surface area (Å²) in [5.74, 6) is -1.04. The fourth-order valence-corrected chi connectivity index (χ4v) is 2.06. The lowest BCUT2D eigenvalue weighted by atomic mass is 10.00. The van der Waals surface area contributed by atoms with Crippen molar-refractivity contribution in [3.8, 4) is 0 Å². The molecule has 0 bridgehead atoms. The van der Waals surface area contributed by atoms with Crippen LogP contribution in [0, 0.1) is 79.4 Å². The molecule has 2 saturated heterocycles. The Morgan fingerprint density at radius 2 is 0.622 bits per heavy atom. The van der Waals surface area contributed by atoms with Crippen molar-refractivity contribution < 1.29 is 195 Å². The summed E-state index contributed by atoms with van der Waals surface area (Å²) in [7, 11) is 4.16. The van der Waals surface area contributed by atoms with Crippen LogP contribution < -0.4 is 6.15 Å². The van der Waals surface area contributed by atoms with E-state index in [2.05, 4.69) is 9.47 Å². The summed E-state index contributed by atoms with van der Waals surface area (Å²) in [6.45, 7) is -1.36. The maximum atomic E-state index is 10.7. The van der Waals surface area contributed by atoms with Gasteiger partial charge in [0, 0.05) is 79.4 Å². The maximum Gasteiger partial charge on any atom is 0.373 e. The van der Waals surface area contributed by atoms with E-state index in [0.29, 0.717) is 0 Å². The van der Waals surface area contributed by atoms with Gasteiger partial charge >= 0.3 is 12.1 Å². The van der Waals surface area contributed by atoms with E-state index in [9.17, 15) is 4.79 Å². The number of aliphatic hydroxyl groups is 9. The predicted octanol–water partition coefficient (Wildman–Crippen LogP) is -6.81. The summed E-state index contributed by atoms with van der Waals surface area (Å²) in [5, 5.41) is 183. The van der Waals surface area contributed by atoms with Crippen LogP contribution in [0.15, 0.2) is 0 Å². The lowest BCUT2D eigenvalue weighted by Crippen LogP contribution is -2.58. The van der Waals surface area contributed by atoms with Crippen molar-refractivity contribution in [2.75, 3.05) is 13.2 Å². The highest BCUT2D eigenvalue weighted by Crippen LogP contribution is 2.19. The van der Waals surface area contributed by atoms with Crippen LogP contribution in [0.3, 0.4) is 0 Å². The number of hydrogen-bond donors (Lipinski definition) is 27. The second-order valence-electron chi connectivity index (χ2n) is 5.70. The molecular weight excluding hydrogens is 1180 g/mol. The molecule has 2 heterocycles. The zero-order valence-electron chi connectivity index (χ0n) is 34.4. The minimum atomic E-state index is -1.73. The Balaban J connectivity index is -0.0000000144. The summed E-state index contributed by atoms with van der Waals surface area (Å²) in [4.78, 5) is 147. The van der Waals surface area contributed by atoms with Crippen molar-refractivity contribution in [2.24, 2.45) is 0 Å². The molecule has 2 rings (SSSR count). The number of carboxylic acid groups (broad SMARTS) is 1. The van der Waals surface area contributed by atoms with Gasteiger partial charge in [0.15, 0.2) is 34.8 Å². The summed E-state index contributed by atoms with van der Waals surface area (Å²) in [6, 6.07) is 0. The third kappa shape index (κ3) is 192. The third-order valence-corrected chi connectivity index (χ3v) is 3.61. The Bertz CT molecular complexity index is 726. The minimum absolute atomic E-state index is 0. The molecule has 0 aromatic carbocycles. The van der Waals surface area contributed by atoms with Gasteiger partial charge in [0.2, 0.25) is 0 Å². The van der Waals surface area contributed by atoms with Crippen molar-refractivity contribution in [1.29, 1.82) is 0 Å². The van der Waals surface area contributed by atoms with E-state index >= 15 is 0 Å². The van der Waals surface area contributed by atoms with Gasteiger partial charge in [-0.1, -0.05) is 7.43 Å². The van der Waals surface area contributed by atoms with Gasteiger partial charge in [-0.15, -0.1) is 0 Å². The Kier molecular flexibility index (Phi) is 654. The molecule has 0 amide bonds. The highest BCUT2D eigenvalue weighted by Gasteiger charge is 2.43. The highest BCUT2D eigenvalue weighted by molar-refractivity contribution is 7.96. The van der Waals surface area contributed by atoms with Gasteiger partial charge in [-0.2, -0.15) is 9.59 Å². The number of carbonyl (C=O) groups is 2. The molecule has 0 aromatic rings. The SMILES string of the molecule is C.N.O.O.O.O.O=C1OC(CO)C(O)C(O)C1O.O=C=O.O=CO.O=O.O=O.O=O.O=O.O=O.O=O.O=O.O=O.O=PP.O=PP.OCC1OC(O)C(O)C(O)C1O.OO.OO.OO.OO.OO.OO.OO.OO. The van der Waals surface area contributed by atoms with E-state index in [-0.39, 0.29) is 64.4 Å². The zero-order valence-corrected chi connectivity index (χ0v) is 38.5. The van der Waals surface area contributed by atoms with Crippen LogP contribution >= 0.6 is 34.2 Å². The molecule has 0 aromatic heterocycles. The molecule has 2 fully saturated rings. The Morgan fingerprint density at radius 3 is 0.784 bits per heavy atom. The molecule has 11 unspecified atom stereocenters. The van der Waals surface area contributed by atoms with Crippen LogP contribution in [0.1, 0.15) is 7.43 Å². The summed E-state index contributed by atoms with van der Waals surface area (Å²) < 4.78 is 26.7. The lowest BCUT2D eigenvalue weighted by molar-refractivity contribution is -0.286. The molecule has 37 N–H and O–H groups in total. The Hall–Kier alpha value is -5.06. The Labute approximate surface area is 409 Å². The van der Waals surface area contributed by atoms with Crippen molar-refractivity contribution in [2.45, 2.75) is 62.5 Å². The molecule has 11 atom stereocenters. The predicted molar refractivity (Wildman–Crippen MR) is 241 cm³/mol. The summed E-state index contributed by atoms with van der Waals surface area (Å²) >= 11 is 0. The standard InChI is InChI=1S/C6H12O6.C6H10O6.CH2O2.CO2.CH4.H3N.8H2O2.8O2.2H2OP2.4H2O/c2*7-1-2-3(8)4(9)5(10)6(11)12-2;2*2-1-3;;;16*1-2;2*1-3-2;;;;/h2-11H,1H2;2-5,7-10H,1H2;1H,(H,2,3);;1H4;1H3;8*1-2H;;;;;;;;;2*2H2;4*1H2. The van der Waals surface area contributed by atoms with E-state index in [1.54, 1.807) is 0 Å².